The van der Waals surface area contributed by atoms with E-state index in [1.54, 1.807) is 18.4 Å². The topological polar surface area (TPSA) is 46.6 Å². The Labute approximate surface area is 87.1 Å². The summed E-state index contributed by atoms with van der Waals surface area (Å²) in [5.74, 6) is 1.83. The van der Waals surface area contributed by atoms with E-state index in [1.165, 1.54) is 0 Å². The first-order chi connectivity index (χ1) is 7.29. The van der Waals surface area contributed by atoms with Gasteiger partial charge in [0.1, 0.15) is 5.76 Å². The van der Waals surface area contributed by atoms with Gasteiger partial charge in [-0.25, -0.2) is 0 Å². The molecule has 0 saturated heterocycles. The predicted molar refractivity (Wildman–Crippen MR) is 54.9 cm³/mol. The Morgan fingerprint density at radius 3 is 2.87 bits per heavy atom. The molecule has 0 N–H and O–H groups in total. The smallest absolute Gasteiger partial charge is 0.196 e. The first kappa shape index (κ1) is 9.58. The van der Waals surface area contributed by atoms with E-state index in [2.05, 4.69) is 0 Å². The summed E-state index contributed by atoms with van der Waals surface area (Å²) in [7, 11) is 1.87. The summed E-state index contributed by atoms with van der Waals surface area (Å²) in [6.07, 6.45) is 2.31. The minimum Gasteiger partial charge on any atom is -0.467 e. The Bertz CT molecular complexity index is 430. The maximum absolute atomic E-state index is 10.4. The molecule has 0 saturated carbocycles. The molecule has 78 valence electrons. The summed E-state index contributed by atoms with van der Waals surface area (Å²) in [5.41, 5.74) is 0. The molecule has 2 aromatic heterocycles. The Kier molecular flexibility index (Phi) is 2.58. The van der Waals surface area contributed by atoms with Crippen molar-refractivity contribution in [3.63, 3.8) is 0 Å². The van der Waals surface area contributed by atoms with Gasteiger partial charge in [0.25, 0.3) is 0 Å². The van der Waals surface area contributed by atoms with Crippen LogP contribution in [0.15, 0.2) is 39.4 Å². The minimum absolute atomic E-state index is 0.330. The molecule has 0 unspecified atom stereocenters. The van der Waals surface area contributed by atoms with Crippen LogP contribution in [0.4, 0.5) is 5.88 Å². The van der Waals surface area contributed by atoms with Gasteiger partial charge in [-0.05, 0) is 18.2 Å². The standard InChI is InChI=1S/C11H11NO3/c1-12(7-9-3-2-6-14-9)11-5-4-10(8-13)15-11/h2-6,8H,7H2,1H3. The van der Waals surface area contributed by atoms with E-state index in [0.717, 1.165) is 5.76 Å². The van der Waals surface area contributed by atoms with E-state index in [-0.39, 0.29) is 0 Å². The molecule has 0 amide bonds. The van der Waals surface area contributed by atoms with Crippen molar-refractivity contribution in [2.45, 2.75) is 6.54 Å². The number of anilines is 1. The van der Waals surface area contributed by atoms with Gasteiger partial charge in [0.05, 0.1) is 12.8 Å². The fourth-order valence-corrected chi connectivity index (χ4v) is 1.32. The van der Waals surface area contributed by atoms with Gasteiger partial charge < -0.3 is 13.7 Å². The van der Waals surface area contributed by atoms with Crippen LogP contribution in [-0.2, 0) is 6.54 Å². The second-order valence-corrected chi connectivity index (χ2v) is 3.23. The average molecular weight is 205 g/mol. The monoisotopic (exact) mass is 205 g/mol. The fraction of sp³-hybridized carbons (Fsp3) is 0.182. The van der Waals surface area contributed by atoms with E-state index in [9.17, 15) is 4.79 Å². The Morgan fingerprint density at radius 2 is 2.27 bits per heavy atom. The SMILES string of the molecule is CN(Cc1ccco1)c1ccc(C=O)o1. The molecule has 15 heavy (non-hydrogen) atoms. The normalized spacial score (nSPS) is 10.2. The largest absolute Gasteiger partial charge is 0.467 e. The van der Waals surface area contributed by atoms with Crippen molar-refractivity contribution in [3.05, 3.63) is 42.0 Å². The first-order valence-electron chi connectivity index (χ1n) is 4.58. The van der Waals surface area contributed by atoms with Crippen molar-refractivity contribution in [2.24, 2.45) is 0 Å². The van der Waals surface area contributed by atoms with Crippen LogP contribution in [0.1, 0.15) is 16.3 Å². The molecule has 2 heterocycles. The highest BCUT2D eigenvalue weighted by molar-refractivity contribution is 5.71. The second kappa shape index (κ2) is 4.04. The summed E-state index contributed by atoms with van der Waals surface area (Å²) in [5, 5.41) is 0. The number of rotatable bonds is 4. The molecule has 0 aromatic carbocycles. The molecule has 0 aliphatic carbocycles. The molecule has 0 fully saturated rings. The third kappa shape index (κ3) is 2.10. The van der Waals surface area contributed by atoms with E-state index in [0.29, 0.717) is 24.5 Å². The Morgan fingerprint density at radius 1 is 1.40 bits per heavy atom. The average Bonchev–Trinajstić information content (AvgIpc) is 2.86. The van der Waals surface area contributed by atoms with Crippen LogP contribution in [-0.4, -0.2) is 13.3 Å². The molecule has 0 radical (unpaired) electrons. The van der Waals surface area contributed by atoms with E-state index in [1.807, 2.05) is 24.1 Å². The van der Waals surface area contributed by atoms with Gasteiger partial charge in [-0.3, -0.25) is 4.79 Å². The summed E-state index contributed by atoms with van der Waals surface area (Å²) in [6, 6.07) is 7.12. The number of carbonyl (C=O) groups excluding carboxylic acids is 1. The maximum atomic E-state index is 10.4. The Hall–Kier alpha value is -1.97. The summed E-state index contributed by atoms with van der Waals surface area (Å²) >= 11 is 0. The highest BCUT2D eigenvalue weighted by Crippen LogP contribution is 2.18. The Balaban J connectivity index is 2.07. The van der Waals surface area contributed by atoms with Crippen LogP contribution in [0.5, 0.6) is 0 Å². The fourth-order valence-electron chi connectivity index (χ4n) is 1.32. The lowest BCUT2D eigenvalue weighted by atomic mass is 10.4. The lowest BCUT2D eigenvalue weighted by Crippen LogP contribution is -2.14. The zero-order chi connectivity index (χ0) is 10.7. The van der Waals surface area contributed by atoms with Crippen LogP contribution in [0.2, 0.25) is 0 Å². The van der Waals surface area contributed by atoms with Crippen LogP contribution in [0, 0.1) is 0 Å². The molecular weight excluding hydrogens is 194 g/mol. The van der Waals surface area contributed by atoms with Gasteiger partial charge in [-0.1, -0.05) is 0 Å². The van der Waals surface area contributed by atoms with E-state index in [4.69, 9.17) is 8.83 Å². The number of carbonyl (C=O) groups is 1. The number of aldehydes is 1. The number of furan rings is 2. The highest BCUT2D eigenvalue weighted by Gasteiger charge is 2.08. The molecule has 0 aliphatic heterocycles. The number of hydrogen-bond acceptors (Lipinski definition) is 4. The summed E-state index contributed by atoms with van der Waals surface area (Å²) in [4.78, 5) is 12.3. The van der Waals surface area contributed by atoms with Crippen molar-refractivity contribution >= 4 is 12.2 Å². The first-order valence-corrected chi connectivity index (χ1v) is 4.58. The van der Waals surface area contributed by atoms with Crippen LogP contribution in [0.25, 0.3) is 0 Å². The van der Waals surface area contributed by atoms with Gasteiger partial charge in [-0.2, -0.15) is 0 Å². The summed E-state index contributed by atoms with van der Waals surface area (Å²) in [6.45, 7) is 0.610. The predicted octanol–water partition coefficient (Wildman–Crippen LogP) is 2.32. The van der Waals surface area contributed by atoms with E-state index < -0.39 is 0 Å². The molecule has 2 rings (SSSR count). The molecular formula is C11H11NO3. The van der Waals surface area contributed by atoms with Crippen molar-refractivity contribution < 1.29 is 13.6 Å². The molecule has 0 spiro atoms. The van der Waals surface area contributed by atoms with Gasteiger partial charge in [0, 0.05) is 13.1 Å². The molecule has 0 aliphatic rings. The zero-order valence-electron chi connectivity index (χ0n) is 8.34. The van der Waals surface area contributed by atoms with Crippen molar-refractivity contribution in [2.75, 3.05) is 11.9 Å². The quantitative estimate of drug-likeness (QED) is 0.718. The molecule has 0 atom stereocenters. The van der Waals surface area contributed by atoms with E-state index >= 15 is 0 Å². The molecule has 4 nitrogen and oxygen atoms in total. The maximum Gasteiger partial charge on any atom is 0.196 e. The molecule has 0 bridgehead atoms. The van der Waals surface area contributed by atoms with Gasteiger partial charge in [-0.15, -0.1) is 0 Å². The lowest BCUT2D eigenvalue weighted by molar-refractivity contribution is 0.110. The van der Waals surface area contributed by atoms with Crippen LogP contribution in [0.3, 0.4) is 0 Å². The third-order valence-corrected chi connectivity index (χ3v) is 2.08. The van der Waals surface area contributed by atoms with Crippen molar-refractivity contribution in [3.8, 4) is 0 Å². The van der Waals surface area contributed by atoms with Crippen molar-refractivity contribution in [1.29, 1.82) is 0 Å². The second-order valence-electron chi connectivity index (χ2n) is 3.23. The molecule has 2 aromatic rings. The van der Waals surface area contributed by atoms with Gasteiger partial charge in [0.2, 0.25) is 0 Å². The number of nitrogens with zero attached hydrogens (tertiary/aromatic N) is 1. The van der Waals surface area contributed by atoms with Crippen LogP contribution >= 0.6 is 0 Å². The summed E-state index contributed by atoms with van der Waals surface area (Å²) < 4.78 is 10.5. The number of hydrogen-bond donors (Lipinski definition) is 0. The van der Waals surface area contributed by atoms with Crippen LogP contribution < -0.4 is 4.90 Å². The van der Waals surface area contributed by atoms with Crippen molar-refractivity contribution in [1.82, 2.24) is 0 Å². The van der Waals surface area contributed by atoms with Gasteiger partial charge >= 0.3 is 0 Å². The lowest BCUT2D eigenvalue weighted by Gasteiger charge is -2.13. The third-order valence-electron chi connectivity index (χ3n) is 2.08. The minimum atomic E-state index is 0.330. The van der Waals surface area contributed by atoms with Gasteiger partial charge in [0.15, 0.2) is 17.9 Å². The molecule has 4 heteroatoms. The zero-order valence-corrected chi connectivity index (χ0v) is 8.34. The highest BCUT2D eigenvalue weighted by atomic mass is 16.4.